The smallest absolute Gasteiger partial charge is 0.233 e. The molecule has 2 amide bonds. The van der Waals surface area contributed by atoms with Gasteiger partial charge in [-0.3, -0.25) is 9.59 Å². The van der Waals surface area contributed by atoms with Crippen molar-refractivity contribution < 1.29 is 14.0 Å². The summed E-state index contributed by atoms with van der Waals surface area (Å²) >= 11 is 5.63. The van der Waals surface area contributed by atoms with Crippen LogP contribution in [0.3, 0.4) is 0 Å². The number of rotatable bonds is 3. The van der Waals surface area contributed by atoms with Crippen LogP contribution in [0.5, 0.6) is 0 Å². The summed E-state index contributed by atoms with van der Waals surface area (Å²) in [6.07, 6.45) is -0.224. The molecule has 0 atom stereocenters. The van der Waals surface area contributed by atoms with Gasteiger partial charge in [0.25, 0.3) is 0 Å². The first-order valence-corrected chi connectivity index (χ1v) is 7.05. The van der Waals surface area contributed by atoms with Crippen LogP contribution >= 0.6 is 11.6 Å². The topological polar surface area (TPSA) is 52.7 Å². The molecule has 2 rings (SSSR count). The summed E-state index contributed by atoms with van der Waals surface area (Å²) in [6, 6.07) is 3.88. The van der Waals surface area contributed by atoms with E-state index in [9.17, 15) is 14.0 Å². The van der Waals surface area contributed by atoms with Gasteiger partial charge in [-0.2, -0.15) is 0 Å². The Balaban J connectivity index is 1.86. The zero-order chi connectivity index (χ0) is 15.4. The highest BCUT2D eigenvalue weighted by molar-refractivity contribution is 6.31. The predicted octanol–water partition coefficient (Wildman–Crippen LogP) is 1.58. The zero-order valence-corrected chi connectivity index (χ0v) is 12.5. The molecular weight excluding hydrogens is 297 g/mol. The molecule has 1 aliphatic heterocycles. The van der Waals surface area contributed by atoms with E-state index in [4.69, 9.17) is 11.6 Å². The molecule has 0 aromatic heterocycles. The van der Waals surface area contributed by atoms with Gasteiger partial charge in [0.05, 0.1) is 5.02 Å². The molecule has 1 N–H and O–H groups in total. The van der Waals surface area contributed by atoms with Gasteiger partial charge in [0.1, 0.15) is 12.2 Å². The van der Waals surface area contributed by atoms with Crippen molar-refractivity contribution in [1.82, 2.24) is 9.80 Å². The van der Waals surface area contributed by atoms with E-state index < -0.39 is 11.7 Å². The van der Waals surface area contributed by atoms with E-state index in [-0.39, 0.29) is 17.4 Å². The third-order valence-electron chi connectivity index (χ3n) is 3.37. The third-order valence-corrected chi connectivity index (χ3v) is 3.66. The Morgan fingerprint density at radius 1 is 1.29 bits per heavy atom. The highest BCUT2D eigenvalue weighted by atomic mass is 35.5. The molecular formula is C14H17ClFN3O2. The fourth-order valence-corrected chi connectivity index (χ4v) is 2.26. The molecule has 0 unspecified atom stereocenters. The van der Waals surface area contributed by atoms with Crippen molar-refractivity contribution in [2.75, 3.05) is 38.5 Å². The third kappa shape index (κ3) is 4.41. The standard InChI is InChI=1S/C14H17ClFN3O2/c1-18-4-6-19(7-5-18)14(21)9-13(20)17-10-2-3-12(16)11(15)8-10/h2-3,8H,4-7,9H2,1H3,(H,17,20). The molecule has 21 heavy (non-hydrogen) atoms. The molecule has 0 spiro atoms. The second kappa shape index (κ2) is 6.87. The lowest BCUT2D eigenvalue weighted by Gasteiger charge is -2.32. The Bertz CT molecular complexity index is 545. The Kier molecular flexibility index (Phi) is 5.14. The number of benzene rings is 1. The number of carbonyl (C=O) groups is 2. The summed E-state index contributed by atoms with van der Waals surface area (Å²) in [7, 11) is 1.99. The first-order chi connectivity index (χ1) is 9.95. The molecule has 7 heteroatoms. The van der Waals surface area contributed by atoms with Crippen molar-refractivity contribution in [3.05, 3.63) is 29.0 Å². The number of piperazine rings is 1. The number of amides is 2. The van der Waals surface area contributed by atoms with Crippen molar-refractivity contribution >= 4 is 29.1 Å². The number of likely N-dealkylation sites (N-methyl/N-ethyl adjacent to an activating group) is 1. The highest BCUT2D eigenvalue weighted by Crippen LogP contribution is 2.19. The van der Waals surface area contributed by atoms with E-state index in [0.717, 1.165) is 13.1 Å². The molecule has 1 fully saturated rings. The molecule has 5 nitrogen and oxygen atoms in total. The number of anilines is 1. The summed E-state index contributed by atoms with van der Waals surface area (Å²) in [5, 5.41) is 2.47. The lowest BCUT2D eigenvalue weighted by atomic mass is 10.2. The molecule has 114 valence electrons. The summed E-state index contributed by atoms with van der Waals surface area (Å²) in [5.41, 5.74) is 0.373. The summed E-state index contributed by atoms with van der Waals surface area (Å²) in [5.74, 6) is -1.18. The van der Waals surface area contributed by atoms with Gasteiger partial charge in [-0.15, -0.1) is 0 Å². The van der Waals surface area contributed by atoms with E-state index in [0.29, 0.717) is 18.8 Å². The van der Waals surface area contributed by atoms with Crippen molar-refractivity contribution in [1.29, 1.82) is 0 Å². The summed E-state index contributed by atoms with van der Waals surface area (Å²) < 4.78 is 13.0. The molecule has 0 bridgehead atoms. The molecule has 1 aromatic carbocycles. The monoisotopic (exact) mass is 313 g/mol. The molecule has 1 aliphatic rings. The average molecular weight is 314 g/mol. The van der Waals surface area contributed by atoms with Gasteiger partial charge in [0.15, 0.2) is 0 Å². The van der Waals surface area contributed by atoms with Gasteiger partial charge in [-0.1, -0.05) is 11.6 Å². The minimum atomic E-state index is -0.553. The fourth-order valence-electron chi connectivity index (χ4n) is 2.08. The van der Waals surface area contributed by atoms with Gasteiger partial charge in [-0.05, 0) is 25.2 Å². The molecule has 0 radical (unpaired) electrons. The van der Waals surface area contributed by atoms with Crippen LogP contribution in [-0.4, -0.2) is 54.8 Å². The zero-order valence-electron chi connectivity index (χ0n) is 11.7. The summed E-state index contributed by atoms with van der Waals surface area (Å²) in [6.45, 7) is 2.87. The van der Waals surface area contributed by atoms with Gasteiger partial charge in [0.2, 0.25) is 11.8 Å². The summed E-state index contributed by atoms with van der Waals surface area (Å²) in [4.78, 5) is 27.6. The molecule has 1 aromatic rings. The Labute approximate surface area is 127 Å². The first kappa shape index (κ1) is 15.7. The minimum Gasteiger partial charge on any atom is -0.340 e. The van der Waals surface area contributed by atoms with Crippen LogP contribution in [0.15, 0.2) is 18.2 Å². The van der Waals surface area contributed by atoms with Crippen molar-refractivity contribution in [3.63, 3.8) is 0 Å². The van der Waals surface area contributed by atoms with E-state index in [1.54, 1.807) is 4.90 Å². The SMILES string of the molecule is CN1CCN(C(=O)CC(=O)Nc2ccc(F)c(Cl)c2)CC1. The lowest BCUT2D eigenvalue weighted by molar-refractivity contribution is -0.135. The molecule has 0 saturated carbocycles. The highest BCUT2D eigenvalue weighted by Gasteiger charge is 2.21. The van der Waals surface area contributed by atoms with Crippen LogP contribution in [0.25, 0.3) is 0 Å². The minimum absolute atomic E-state index is 0.0711. The van der Waals surface area contributed by atoms with Gasteiger partial charge in [-0.25, -0.2) is 4.39 Å². The van der Waals surface area contributed by atoms with Crippen LogP contribution in [0.4, 0.5) is 10.1 Å². The Hall–Kier alpha value is -1.66. The Morgan fingerprint density at radius 2 is 1.95 bits per heavy atom. The normalized spacial score (nSPS) is 15.9. The number of carbonyl (C=O) groups excluding carboxylic acids is 2. The van der Waals surface area contributed by atoms with Crippen LogP contribution in [0.1, 0.15) is 6.42 Å². The largest absolute Gasteiger partial charge is 0.340 e. The van der Waals surface area contributed by atoms with Crippen LogP contribution in [0.2, 0.25) is 5.02 Å². The maximum absolute atomic E-state index is 13.0. The predicted molar refractivity (Wildman–Crippen MR) is 78.7 cm³/mol. The van der Waals surface area contributed by atoms with Crippen LogP contribution < -0.4 is 5.32 Å². The van der Waals surface area contributed by atoms with Gasteiger partial charge in [0, 0.05) is 31.9 Å². The van der Waals surface area contributed by atoms with Gasteiger partial charge >= 0.3 is 0 Å². The van der Waals surface area contributed by atoms with Crippen LogP contribution in [0, 0.1) is 5.82 Å². The van der Waals surface area contributed by atoms with E-state index in [1.807, 2.05) is 7.05 Å². The lowest BCUT2D eigenvalue weighted by Crippen LogP contribution is -2.47. The number of halogens is 2. The average Bonchev–Trinajstić information content (AvgIpc) is 2.43. The second-order valence-corrected chi connectivity index (χ2v) is 5.45. The quantitative estimate of drug-likeness (QED) is 0.862. The number of nitrogens with zero attached hydrogens (tertiary/aromatic N) is 2. The number of nitrogens with one attached hydrogen (secondary N) is 1. The van der Waals surface area contributed by atoms with Gasteiger partial charge < -0.3 is 15.1 Å². The molecule has 1 heterocycles. The fraction of sp³-hybridized carbons (Fsp3) is 0.429. The van der Waals surface area contributed by atoms with Crippen molar-refractivity contribution in [3.8, 4) is 0 Å². The first-order valence-electron chi connectivity index (χ1n) is 6.67. The van der Waals surface area contributed by atoms with Crippen LogP contribution in [-0.2, 0) is 9.59 Å². The van der Waals surface area contributed by atoms with Crippen molar-refractivity contribution in [2.45, 2.75) is 6.42 Å². The number of hydrogen-bond donors (Lipinski definition) is 1. The second-order valence-electron chi connectivity index (χ2n) is 5.04. The number of hydrogen-bond acceptors (Lipinski definition) is 3. The maximum atomic E-state index is 13.0. The molecule has 0 aliphatic carbocycles. The van der Waals surface area contributed by atoms with E-state index >= 15 is 0 Å². The van der Waals surface area contributed by atoms with Crippen molar-refractivity contribution in [2.24, 2.45) is 0 Å². The van der Waals surface area contributed by atoms with E-state index in [2.05, 4.69) is 10.2 Å². The van der Waals surface area contributed by atoms with E-state index in [1.165, 1.54) is 18.2 Å². The molecule has 1 saturated heterocycles. The maximum Gasteiger partial charge on any atom is 0.233 e. The Morgan fingerprint density at radius 3 is 2.57 bits per heavy atom.